The van der Waals surface area contributed by atoms with Crippen molar-refractivity contribution < 1.29 is 9.59 Å². The van der Waals surface area contributed by atoms with Crippen LogP contribution in [0.3, 0.4) is 0 Å². The summed E-state index contributed by atoms with van der Waals surface area (Å²) >= 11 is 0. The van der Waals surface area contributed by atoms with E-state index in [1.807, 2.05) is 12.1 Å². The third-order valence-corrected chi connectivity index (χ3v) is 4.68. The Morgan fingerprint density at radius 1 is 1.05 bits per heavy atom. The van der Waals surface area contributed by atoms with E-state index in [1.165, 1.54) is 18.5 Å². The molecule has 1 aromatic rings. The lowest BCUT2D eigenvalue weighted by molar-refractivity contribution is -0.134. The van der Waals surface area contributed by atoms with Crippen molar-refractivity contribution in [3.63, 3.8) is 0 Å². The standard InChI is InChI=1S/C17H22N2O2/c1-12-8-10-19(11-9-12)14-4-2-13(3-5-14)15-6-7-16(20)18-17(15)21/h2-5,12,15H,6-11H2,1H3,(H,18,20,21). The van der Waals surface area contributed by atoms with Crippen molar-refractivity contribution in [2.24, 2.45) is 5.92 Å². The Hall–Kier alpha value is -1.84. The van der Waals surface area contributed by atoms with Crippen LogP contribution in [0.25, 0.3) is 0 Å². The first kappa shape index (κ1) is 14.1. The number of imide groups is 1. The summed E-state index contributed by atoms with van der Waals surface area (Å²) in [5.74, 6) is 0.322. The molecule has 2 aliphatic rings. The van der Waals surface area contributed by atoms with Crippen LogP contribution in [0.4, 0.5) is 5.69 Å². The lowest BCUT2D eigenvalue weighted by Crippen LogP contribution is -2.39. The average molecular weight is 286 g/mol. The number of nitrogens with zero attached hydrogens (tertiary/aromatic N) is 1. The van der Waals surface area contributed by atoms with E-state index in [0.29, 0.717) is 12.8 Å². The Bertz CT molecular complexity index is 530. The number of carbonyl (C=O) groups excluding carboxylic acids is 2. The maximum atomic E-state index is 11.9. The zero-order valence-corrected chi connectivity index (χ0v) is 12.5. The van der Waals surface area contributed by atoms with Crippen molar-refractivity contribution in [1.82, 2.24) is 5.32 Å². The van der Waals surface area contributed by atoms with Crippen molar-refractivity contribution in [2.75, 3.05) is 18.0 Å². The molecule has 1 atom stereocenters. The minimum Gasteiger partial charge on any atom is -0.372 e. The Kier molecular flexibility index (Phi) is 3.95. The molecule has 0 aromatic heterocycles. The summed E-state index contributed by atoms with van der Waals surface area (Å²) < 4.78 is 0. The molecule has 2 aliphatic heterocycles. The second-order valence-electron chi connectivity index (χ2n) is 6.26. The molecular formula is C17H22N2O2. The summed E-state index contributed by atoms with van der Waals surface area (Å²) in [6.07, 6.45) is 3.54. The molecule has 4 heteroatoms. The van der Waals surface area contributed by atoms with Gasteiger partial charge < -0.3 is 4.90 Å². The summed E-state index contributed by atoms with van der Waals surface area (Å²) in [7, 11) is 0. The van der Waals surface area contributed by atoms with Gasteiger partial charge in [0.25, 0.3) is 0 Å². The van der Waals surface area contributed by atoms with Gasteiger partial charge in [0.15, 0.2) is 0 Å². The van der Waals surface area contributed by atoms with Crippen LogP contribution in [0.5, 0.6) is 0 Å². The molecule has 2 amide bonds. The summed E-state index contributed by atoms with van der Waals surface area (Å²) in [4.78, 5) is 25.5. The molecule has 0 aliphatic carbocycles. The quantitative estimate of drug-likeness (QED) is 0.850. The zero-order valence-electron chi connectivity index (χ0n) is 12.5. The number of benzene rings is 1. The highest BCUT2D eigenvalue weighted by Crippen LogP contribution is 2.28. The van der Waals surface area contributed by atoms with Crippen molar-refractivity contribution in [1.29, 1.82) is 0 Å². The molecule has 0 saturated carbocycles. The van der Waals surface area contributed by atoms with Gasteiger partial charge in [-0.25, -0.2) is 0 Å². The number of hydrogen-bond acceptors (Lipinski definition) is 3. The van der Waals surface area contributed by atoms with Crippen LogP contribution in [0.1, 0.15) is 44.1 Å². The molecule has 1 aromatic carbocycles. The number of anilines is 1. The molecule has 0 spiro atoms. The van der Waals surface area contributed by atoms with Crippen molar-refractivity contribution in [3.05, 3.63) is 29.8 Å². The molecule has 2 fully saturated rings. The van der Waals surface area contributed by atoms with Gasteiger partial charge in [0.05, 0.1) is 5.92 Å². The Morgan fingerprint density at radius 2 is 1.71 bits per heavy atom. The van der Waals surface area contributed by atoms with Gasteiger partial charge in [-0.3, -0.25) is 14.9 Å². The third kappa shape index (κ3) is 3.09. The van der Waals surface area contributed by atoms with Crippen LogP contribution >= 0.6 is 0 Å². The lowest BCUT2D eigenvalue weighted by Gasteiger charge is -2.32. The number of piperidine rings is 2. The van der Waals surface area contributed by atoms with Gasteiger partial charge in [0.1, 0.15) is 0 Å². The topological polar surface area (TPSA) is 49.4 Å². The maximum Gasteiger partial charge on any atom is 0.234 e. The molecule has 4 nitrogen and oxygen atoms in total. The molecule has 21 heavy (non-hydrogen) atoms. The maximum absolute atomic E-state index is 11.9. The highest BCUT2D eigenvalue weighted by atomic mass is 16.2. The second kappa shape index (κ2) is 5.88. The highest BCUT2D eigenvalue weighted by molar-refractivity contribution is 6.00. The molecule has 1 N–H and O–H groups in total. The summed E-state index contributed by atoms with van der Waals surface area (Å²) in [6.45, 7) is 4.53. The summed E-state index contributed by atoms with van der Waals surface area (Å²) in [6, 6.07) is 8.28. The summed E-state index contributed by atoms with van der Waals surface area (Å²) in [5.41, 5.74) is 2.24. The van der Waals surface area contributed by atoms with Crippen molar-refractivity contribution >= 4 is 17.5 Å². The van der Waals surface area contributed by atoms with Gasteiger partial charge in [0, 0.05) is 25.2 Å². The Balaban J connectivity index is 1.69. The van der Waals surface area contributed by atoms with Gasteiger partial charge in [-0.15, -0.1) is 0 Å². The highest BCUT2D eigenvalue weighted by Gasteiger charge is 2.27. The monoisotopic (exact) mass is 286 g/mol. The van der Waals surface area contributed by atoms with E-state index in [1.54, 1.807) is 0 Å². The first-order valence-corrected chi connectivity index (χ1v) is 7.82. The van der Waals surface area contributed by atoms with Gasteiger partial charge in [-0.05, 0) is 42.9 Å². The molecule has 112 valence electrons. The van der Waals surface area contributed by atoms with Gasteiger partial charge >= 0.3 is 0 Å². The van der Waals surface area contributed by atoms with Crippen molar-refractivity contribution in [2.45, 2.75) is 38.5 Å². The number of rotatable bonds is 2. The normalized spacial score (nSPS) is 24.0. The van der Waals surface area contributed by atoms with Gasteiger partial charge in [0.2, 0.25) is 11.8 Å². The van der Waals surface area contributed by atoms with E-state index in [9.17, 15) is 9.59 Å². The summed E-state index contributed by atoms with van der Waals surface area (Å²) in [5, 5.41) is 2.42. The fourth-order valence-corrected chi connectivity index (χ4v) is 3.20. The number of hydrogen-bond donors (Lipinski definition) is 1. The predicted octanol–water partition coefficient (Wildman–Crippen LogP) is 2.44. The number of carbonyl (C=O) groups is 2. The fraction of sp³-hybridized carbons (Fsp3) is 0.529. The second-order valence-corrected chi connectivity index (χ2v) is 6.26. The van der Waals surface area contributed by atoms with E-state index >= 15 is 0 Å². The first-order chi connectivity index (χ1) is 10.1. The molecule has 2 heterocycles. The van der Waals surface area contributed by atoms with E-state index in [0.717, 1.165) is 24.6 Å². The van der Waals surface area contributed by atoms with Crippen LogP contribution in [0.15, 0.2) is 24.3 Å². The largest absolute Gasteiger partial charge is 0.372 e. The SMILES string of the molecule is CC1CCN(c2ccc(C3CCC(=O)NC3=O)cc2)CC1. The molecule has 3 rings (SSSR count). The predicted molar refractivity (Wildman–Crippen MR) is 82.2 cm³/mol. The Labute approximate surface area is 125 Å². The molecule has 0 bridgehead atoms. The van der Waals surface area contributed by atoms with E-state index in [4.69, 9.17) is 0 Å². The van der Waals surface area contributed by atoms with Crippen LogP contribution in [0, 0.1) is 5.92 Å². The molecule has 1 unspecified atom stereocenters. The minimum atomic E-state index is -0.182. The zero-order chi connectivity index (χ0) is 14.8. The smallest absolute Gasteiger partial charge is 0.234 e. The van der Waals surface area contributed by atoms with Crippen LogP contribution in [-0.4, -0.2) is 24.9 Å². The first-order valence-electron chi connectivity index (χ1n) is 7.82. The minimum absolute atomic E-state index is 0.157. The van der Waals surface area contributed by atoms with Crippen LogP contribution in [0.2, 0.25) is 0 Å². The van der Waals surface area contributed by atoms with Crippen LogP contribution < -0.4 is 10.2 Å². The van der Waals surface area contributed by atoms with E-state index in [-0.39, 0.29) is 17.7 Å². The van der Waals surface area contributed by atoms with Gasteiger partial charge in [-0.1, -0.05) is 19.1 Å². The third-order valence-electron chi connectivity index (χ3n) is 4.68. The van der Waals surface area contributed by atoms with E-state index in [2.05, 4.69) is 29.3 Å². The molecule has 2 saturated heterocycles. The van der Waals surface area contributed by atoms with Crippen LogP contribution in [-0.2, 0) is 9.59 Å². The van der Waals surface area contributed by atoms with E-state index < -0.39 is 0 Å². The Morgan fingerprint density at radius 3 is 2.33 bits per heavy atom. The fourth-order valence-electron chi connectivity index (χ4n) is 3.20. The lowest BCUT2D eigenvalue weighted by atomic mass is 9.90. The average Bonchev–Trinajstić information content (AvgIpc) is 2.48. The molecular weight excluding hydrogens is 264 g/mol. The van der Waals surface area contributed by atoms with Gasteiger partial charge in [-0.2, -0.15) is 0 Å². The number of nitrogens with one attached hydrogen (secondary N) is 1. The molecule has 0 radical (unpaired) electrons. The van der Waals surface area contributed by atoms with Crippen molar-refractivity contribution in [3.8, 4) is 0 Å². The number of amides is 2.